The van der Waals surface area contributed by atoms with E-state index in [0.717, 1.165) is 17.5 Å². The van der Waals surface area contributed by atoms with Crippen molar-refractivity contribution in [2.24, 2.45) is 5.14 Å². The molecule has 0 unspecified atom stereocenters. The van der Waals surface area contributed by atoms with Crippen LogP contribution in [0.1, 0.15) is 30.4 Å². The number of aromatic nitrogens is 1. The van der Waals surface area contributed by atoms with E-state index in [2.05, 4.69) is 67.1 Å². The molecule has 4 aromatic rings. The van der Waals surface area contributed by atoms with E-state index < -0.39 is 10.0 Å². The molecule has 0 bridgehead atoms. The van der Waals surface area contributed by atoms with Crippen molar-refractivity contribution >= 4 is 20.9 Å². The van der Waals surface area contributed by atoms with Crippen molar-refractivity contribution in [3.8, 4) is 11.1 Å². The fourth-order valence-corrected chi connectivity index (χ4v) is 5.03. The molecule has 5 heteroatoms. The van der Waals surface area contributed by atoms with Crippen molar-refractivity contribution < 1.29 is 8.42 Å². The van der Waals surface area contributed by atoms with Crippen LogP contribution < -0.4 is 5.14 Å². The molecular weight excluding hydrogens is 392 g/mol. The van der Waals surface area contributed by atoms with Crippen LogP contribution in [-0.4, -0.2) is 13.0 Å². The summed E-state index contributed by atoms with van der Waals surface area (Å²) >= 11 is 0. The van der Waals surface area contributed by atoms with Gasteiger partial charge >= 0.3 is 0 Å². The van der Waals surface area contributed by atoms with Crippen LogP contribution in [0.4, 0.5) is 0 Å². The van der Waals surface area contributed by atoms with E-state index in [1.54, 1.807) is 12.1 Å². The molecule has 0 amide bonds. The van der Waals surface area contributed by atoms with Gasteiger partial charge in [0.1, 0.15) is 0 Å². The average molecular weight is 419 g/mol. The van der Waals surface area contributed by atoms with Crippen molar-refractivity contribution in [2.75, 3.05) is 0 Å². The molecule has 1 heterocycles. The number of aryl methyl sites for hydroxylation is 1. The van der Waals surface area contributed by atoms with Crippen LogP contribution in [0.3, 0.4) is 0 Å². The summed E-state index contributed by atoms with van der Waals surface area (Å²) in [6.45, 7) is 4.85. The maximum Gasteiger partial charge on any atom is 0.238 e. The van der Waals surface area contributed by atoms with Gasteiger partial charge in [-0.05, 0) is 36.6 Å². The van der Waals surface area contributed by atoms with Gasteiger partial charge in [0.05, 0.1) is 4.90 Å². The third-order valence-electron chi connectivity index (χ3n) is 5.69. The maximum atomic E-state index is 12.1. The molecule has 0 spiro atoms. The topological polar surface area (TPSA) is 65.1 Å². The smallest absolute Gasteiger partial charge is 0.238 e. The molecule has 0 aliphatic heterocycles. The lowest BCUT2D eigenvalue weighted by Crippen LogP contribution is -2.17. The molecular formula is C25H26N2O2S. The van der Waals surface area contributed by atoms with Gasteiger partial charge in [-0.25, -0.2) is 13.6 Å². The Morgan fingerprint density at radius 1 is 0.967 bits per heavy atom. The number of primary sulfonamides is 1. The summed E-state index contributed by atoms with van der Waals surface area (Å²) in [6, 6.07) is 23.9. The lowest BCUT2D eigenvalue weighted by Gasteiger charge is -2.19. The molecule has 4 nitrogen and oxygen atoms in total. The lowest BCUT2D eigenvalue weighted by atomic mass is 9.96. The van der Waals surface area contributed by atoms with Gasteiger partial charge in [-0.15, -0.1) is 0 Å². The molecule has 0 saturated carbocycles. The van der Waals surface area contributed by atoms with Gasteiger partial charge in [0, 0.05) is 35.1 Å². The van der Waals surface area contributed by atoms with Gasteiger partial charge in [0.2, 0.25) is 10.0 Å². The predicted octanol–water partition coefficient (Wildman–Crippen LogP) is 5.46. The average Bonchev–Trinajstić information content (AvgIpc) is 3.10. The summed E-state index contributed by atoms with van der Waals surface area (Å²) in [4.78, 5) is 0.215. The van der Waals surface area contributed by atoms with Crippen molar-refractivity contribution in [3.63, 3.8) is 0 Å². The summed E-state index contributed by atoms with van der Waals surface area (Å²) in [6.07, 6.45) is 2.99. The van der Waals surface area contributed by atoms with E-state index in [-0.39, 0.29) is 10.8 Å². The van der Waals surface area contributed by atoms with Crippen LogP contribution >= 0.6 is 0 Å². The molecule has 3 aromatic carbocycles. The van der Waals surface area contributed by atoms with Crippen LogP contribution in [0, 0.1) is 6.92 Å². The third kappa shape index (κ3) is 3.91. The number of para-hydroxylation sites is 1. The Balaban J connectivity index is 1.81. The number of fused-ring (bicyclic) bond motifs is 1. The first-order valence-corrected chi connectivity index (χ1v) is 11.7. The first-order chi connectivity index (χ1) is 14.4. The van der Waals surface area contributed by atoms with Crippen molar-refractivity contribution in [2.45, 2.75) is 37.6 Å². The molecule has 0 fully saturated rings. The molecule has 0 radical (unpaired) electrons. The van der Waals surface area contributed by atoms with Gasteiger partial charge in [-0.1, -0.05) is 73.2 Å². The van der Waals surface area contributed by atoms with E-state index in [0.29, 0.717) is 6.54 Å². The molecule has 0 aliphatic rings. The Bertz CT molecular complexity index is 1310. The minimum absolute atomic E-state index is 0.0284. The Hall–Kier alpha value is -2.89. The molecule has 30 heavy (non-hydrogen) atoms. The summed E-state index contributed by atoms with van der Waals surface area (Å²) in [5, 5.41) is 6.69. The quantitative estimate of drug-likeness (QED) is 0.452. The van der Waals surface area contributed by atoms with Gasteiger partial charge < -0.3 is 4.57 Å². The second-order valence-corrected chi connectivity index (χ2v) is 9.30. The summed E-state index contributed by atoms with van der Waals surface area (Å²) < 4.78 is 26.5. The van der Waals surface area contributed by atoms with Crippen molar-refractivity contribution in [1.82, 2.24) is 4.57 Å². The Morgan fingerprint density at radius 3 is 2.43 bits per heavy atom. The highest BCUT2D eigenvalue weighted by atomic mass is 32.2. The number of hydrogen-bond acceptors (Lipinski definition) is 2. The van der Waals surface area contributed by atoms with Gasteiger partial charge in [0.25, 0.3) is 0 Å². The SMILES string of the molecule is CC[C@H](Cn1cc(-c2cccc(C)c2)c2ccccc21)c1ccccc1S(N)(=O)=O. The second kappa shape index (κ2) is 8.09. The maximum absolute atomic E-state index is 12.1. The highest BCUT2D eigenvalue weighted by molar-refractivity contribution is 7.89. The van der Waals surface area contributed by atoms with Crippen LogP contribution in [0.15, 0.2) is 83.9 Å². The molecule has 1 atom stereocenters. The van der Waals surface area contributed by atoms with Crippen LogP contribution in [0.5, 0.6) is 0 Å². The summed E-state index contributed by atoms with van der Waals surface area (Å²) in [7, 11) is -3.78. The molecule has 1 aromatic heterocycles. The standard InChI is InChI=1S/C25H26N2O2S/c1-3-19(21-11-5-7-14-25(21)30(26,28)29)16-27-17-23(20-10-8-9-18(2)15-20)22-12-4-6-13-24(22)27/h4-15,17,19H,3,16H2,1-2H3,(H2,26,28,29)/t19-/m1/s1. The molecule has 2 N–H and O–H groups in total. The number of hydrogen-bond donors (Lipinski definition) is 1. The summed E-state index contributed by atoms with van der Waals surface area (Å²) in [5.41, 5.74) is 5.50. The van der Waals surface area contributed by atoms with Gasteiger partial charge in [-0.3, -0.25) is 0 Å². The minimum Gasteiger partial charge on any atom is -0.346 e. The van der Waals surface area contributed by atoms with E-state index in [1.165, 1.54) is 22.1 Å². The van der Waals surface area contributed by atoms with Crippen molar-refractivity contribution in [3.05, 3.63) is 90.1 Å². The Morgan fingerprint density at radius 2 is 1.70 bits per heavy atom. The fourth-order valence-electron chi connectivity index (χ4n) is 4.20. The lowest BCUT2D eigenvalue weighted by molar-refractivity contribution is 0.544. The van der Waals surface area contributed by atoms with Crippen LogP contribution in [-0.2, 0) is 16.6 Å². The van der Waals surface area contributed by atoms with E-state index in [9.17, 15) is 8.42 Å². The van der Waals surface area contributed by atoms with E-state index >= 15 is 0 Å². The van der Waals surface area contributed by atoms with Gasteiger partial charge in [0.15, 0.2) is 0 Å². The van der Waals surface area contributed by atoms with E-state index in [1.807, 2.05) is 18.2 Å². The fraction of sp³-hybridized carbons (Fsp3) is 0.200. The van der Waals surface area contributed by atoms with E-state index in [4.69, 9.17) is 5.14 Å². The first kappa shape index (κ1) is 20.4. The number of nitrogens with zero attached hydrogens (tertiary/aromatic N) is 1. The van der Waals surface area contributed by atoms with Crippen molar-refractivity contribution in [1.29, 1.82) is 0 Å². The summed E-state index contributed by atoms with van der Waals surface area (Å²) in [5.74, 6) is 0.0284. The predicted molar refractivity (Wildman–Crippen MR) is 123 cm³/mol. The zero-order valence-electron chi connectivity index (χ0n) is 17.2. The molecule has 0 saturated heterocycles. The largest absolute Gasteiger partial charge is 0.346 e. The molecule has 0 aliphatic carbocycles. The number of nitrogens with two attached hydrogens (primary N) is 1. The highest BCUT2D eigenvalue weighted by Gasteiger charge is 2.21. The van der Waals surface area contributed by atoms with Gasteiger partial charge in [-0.2, -0.15) is 0 Å². The first-order valence-electron chi connectivity index (χ1n) is 10.1. The monoisotopic (exact) mass is 418 g/mol. The number of sulfonamides is 1. The zero-order valence-corrected chi connectivity index (χ0v) is 18.1. The highest BCUT2D eigenvalue weighted by Crippen LogP contribution is 2.34. The second-order valence-electron chi connectivity index (χ2n) is 7.77. The van der Waals surface area contributed by atoms with Crippen LogP contribution in [0.2, 0.25) is 0 Å². The number of benzene rings is 3. The molecule has 4 rings (SSSR count). The normalized spacial score (nSPS) is 12.9. The van der Waals surface area contributed by atoms with Crippen LogP contribution in [0.25, 0.3) is 22.0 Å². The minimum atomic E-state index is -3.78. The Labute approximate surface area is 178 Å². The third-order valence-corrected chi connectivity index (χ3v) is 6.68. The number of rotatable bonds is 6. The zero-order chi connectivity index (χ0) is 21.3. The Kier molecular flexibility index (Phi) is 5.50. The molecule has 154 valence electrons.